The summed E-state index contributed by atoms with van der Waals surface area (Å²) in [5.41, 5.74) is -0.714. The van der Waals surface area contributed by atoms with Crippen molar-refractivity contribution >= 4 is 11.8 Å². The Hall–Kier alpha value is -1.06. The lowest BCUT2D eigenvalue weighted by Gasteiger charge is -2.52. The molecular weight excluding hydrogens is 204 g/mol. The van der Waals surface area contributed by atoms with Gasteiger partial charge in [0, 0.05) is 39.0 Å². The Labute approximate surface area is 97.6 Å². The van der Waals surface area contributed by atoms with Gasteiger partial charge in [-0.05, 0) is 12.8 Å². The highest BCUT2D eigenvalue weighted by molar-refractivity contribution is 5.90. The van der Waals surface area contributed by atoms with Crippen molar-refractivity contribution in [2.45, 2.75) is 26.7 Å². The van der Waals surface area contributed by atoms with Gasteiger partial charge in [0.1, 0.15) is 0 Å². The van der Waals surface area contributed by atoms with Crippen LogP contribution >= 0.6 is 0 Å². The van der Waals surface area contributed by atoms with Gasteiger partial charge in [-0.25, -0.2) is 0 Å². The average Bonchev–Trinajstić information content (AvgIpc) is 2.12. The van der Waals surface area contributed by atoms with Crippen molar-refractivity contribution in [1.82, 2.24) is 9.80 Å². The molecule has 0 bridgehead atoms. The summed E-state index contributed by atoms with van der Waals surface area (Å²) in [5, 5.41) is 0. The second-order valence-electron chi connectivity index (χ2n) is 5.87. The highest BCUT2D eigenvalue weighted by atomic mass is 16.2. The summed E-state index contributed by atoms with van der Waals surface area (Å²) in [6.07, 6.45) is 1.29. The lowest BCUT2D eigenvalue weighted by molar-refractivity contribution is -0.164. The molecule has 0 atom stereocenters. The lowest BCUT2D eigenvalue weighted by atomic mass is 9.53. The third-order valence-electron chi connectivity index (χ3n) is 3.41. The number of hydrogen-bond acceptors (Lipinski definition) is 2. The molecule has 92 valence electrons. The molecule has 0 saturated heterocycles. The van der Waals surface area contributed by atoms with Crippen LogP contribution in [0, 0.1) is 10.8 Å². The van der Waals surface area contributed by atoms with E-state index in [1.165, 1.54) is 0 Å². The summed E-state index contributed by atoms with van der Waals surface area (Å²) in [5.74, 6) is 0.244. The van der Waals surface area contributed by atoms with Gasteiger partial charge >= 0.3 is 0 Å². The molecule has 2 amide bonds. The maximum absolute atomic E-state index is 11.9. The Balaban J connectivity index is 2.73. The molecule has 0 N–H and O–H groups in total. The van der Waals surface area contributed by atoms with Crippen molar-refractivity contribution < 1.29 is 9.59 Å². The molecule has 16 heavy (non-hydrogen) atoms. The largest absolute Gasteiger partial charge is 0.348 e. The van der Waals surface area contributed by atoms with E-state index in [1.54, 1.807) is 38.0 Å². The number of amides is 2. The van der Waals surface area contributed by atoms with E-state index in [9.17, 15) is 9.59 Å². The van der Waals surface area contributed by atoms with Crippen molar-refractivity contribution in [3.63, 3.8) is 0 Å². The molecule has 0 aromatic rings. The van der Waals surface area contributed by atoms with Crippen LogP contribution in [-0.4, -0.2) is 49.8 Å². The van der Waals surface area contributed by atoms with E-state index >= 15 is 0 Å². The van der Waals surface area contributed by atoms with Crippen molar-refractivity contribution in [1.29, 1.82) is 0 Å². The molecule has 1 fully saturated rings. The topological polar surface area (TPSA) is 40.6 Å². The fraction of sp³-hybridized carbons (Fsp3) is 0.833. The number of rotatable bonds is 2. The number of carbonyl (C=O) groups excluding carboxylic acids is 2. The molecule has 1 aliphatic carbocycles. The summed E-state index contributed by atoms with van der Waals surface area (Å²) in [6.45, 7) is 3.89. The van der Waals surface area contributed by atoms with Crippen LogP contribution < -0.4 is 0 Å². The van der Waals surface area contributed by atoms with E-state index in [1.807, 2.05) is 13.8 Å². The summed E-state index contributed by atoms with van der Waals surface area (Å²) < 4.78 is 0. The first-order chi connectivity index (χ1) is 7.12. The Kier molecular flexibility index (Phi) is 3.05. The molecule has 1 aliphatic rings. The minimum Gasteiger partial charge on any atom is -0.348 e. The monoisotopic (exact) mass is 226 g/mol. The molecule has 4 nitrogen and oxygen atoms in total. The second-order valence-corrected chi connectivity index (χ2v) is 5.87. The van der Waals surface area contributed by atoms with Crippen LogP contribution in [0.2, 0.25) is 0 Å². The van der Waals surface area contributed by atoms with Crippen molar-refractivity contribution in [2.24, 2.45) is 10.8 Å². The molecular formula is C12H22N2O2. The average molecular weight is 226 g/mol. The van der Waals surface area contributed by atoms with Crippen molar-refractivity contribution in [3.8, 4) is 0 Å². The molecule has 0 aromatic carbocycles. The van der Waals surface area contributed by atoms with Crippen LogP contribution in [0.3, 0.4) is 0 Å². The molecule has 4 heteroatoms. The standard InChI is InChI=1S/C12H22N2O2/c1-11(9(15)13(3)4)7-12(2,8-11)10(16)14(5)6/h7-8H2,1-6H3. The van der Waals surface area contributed by atoms with Gasteiger partial charge in [-0.2, -0.15) is 0 Å². The minimum absolute atomic E-state index is 0.122. The fourth-order valence-corrected chi connectivity index (χ4v) is 3.05. The van der Waals surface area contributed by atoms with Crippen molar-refractivity contribution in [3.05, 3.63) is 0 Å². The lowest BCUT2D eigenvalue weighted by Crippen LogP contribution is -2.57. The smallest absolute Gasteiger partial charge is 0.228 e. The predicted octanol–water partition coefficient (Wildman–Crippen LogP) is 0.969. The van der Waals surface area contributed by atoms with Crippen LogP contribution in [0.25, 0.3) is 0 Å². The van der Waals surface area contributed by atoms with E-state index < -0.39 is 0 Å². The van der Waals surface area contributed by atoms with Crippen LogP contribution in [0.5, 0.6) is 0 Å². The predicted molar refractivity (Wildman–Crippen MR) is 62.8 cm³/mol. The van der Waals surface area contributed by atoms with Crippen LogP contribution in [-0.2, 0) is 9.59 Å². The number of hydrogen-bond donors (Lipinski definition) is 0. The van der Waals surface area contributed by atoms with E-state index in [0.29, 0.717) is 12.8 Å². The zero-order chi connectivity index (χ0) is 12.7. The number of carbonyl (C=O) groups is 2. The van der Waals surface area contributed by atoms with Gasteiger partial charge in [0.05, 0.1) is 0 Å². The third kappa shape index (κ3) is 1.93. The van der Waals surface area contributed by atoms with Crippen molar-refractivity contribution in [2.75, 3.05) is 28.2 Å². The first kappa shape index (κ1) is 13.0. The molecule has 1 saturated carbocycles. The minimum atomic E-state index is -0.357. The second kappa shape index (κ2) is 3.75. The summed E-state index contributed by atoms with van der Waals surface area (Å²) in [6, 6.07) is 0. The molecule has 0 radical (unpaired) electrons. The van der Waals surface area contributed by atoms with Gasteiger partial charge in [-0.3, -0.25) is 9.59 Å². The maximum Gasteiger partial charge on any atom is 0.228 e. The van der Waals surface area contributed by atoms with E-state index in [0.717, 1.165) is 0 Å². The van der Waals surface area contributed by atoms with E-state index in [4.69, 9.17) is 0 Å². The molecule has 0 aromatic heterocycles. The molecule has 0 heterocycles. The maximum atomic E-state index is 11.9. The Morgan fingerprint density at radius 2 is 1.06 bits per heavy atom. The van der Waals surface area contributed by atoms with Gasteiger partial charge in [-0.15, -0.1) is 0 Å². The highest BCUT2D eigenvalue weighted by Crippen LogP contribution is 2.55. The van der Waals surface area contributed by atoms with Crippen LogP contribution in [0.1, 0.15) is 26.7 Å². The van der Waals surface area contributed by atoms with Gasteiger partial charge in [0.25, 0.3) is 0 Å². The summed E-state index contributed by atoms with van der Waals surface area (Å²) >= 11 is 0. The van der Waals surface area contributed by atoms with Gasteiger partial charge in [0.15, 0.2) is 0 Å². The highest BCUT2D eigenvalue weighted by Gasteiger charge is 2.57. The Morgan fingerprint density at radius 3 is 1.25 bits per heavy atom. The van der Waals surface area contributed by atoms with Crippen LogP contribution in [0.15, 0.2) is 0 Å². The molecule has 0 unspecified atom stereocenters. The fourth-order valence-electron chi connectivity index (χ4n) is 3.05. The Bertz CT molecular complexity index is 285. The quantitative estimate of drug-likeness (QED) is 0.704. The molecule has 0 spiro atoms. The summed E-state index contributed by atoms with van der Waals surface area (Å²) in [4.78, 5) is 27.1. The van der Waals surface area contributed by atoms with E-state index in [-0.39, 0.29) is 22.6 Å². The normalized spacial score (nSPS) is 32.9. The number of nitrogens with zero attached hydrogens (tertiary/aromatic N) is 2. The molecule has 1 rings (SSSR count). The summed E-state index contributed by atoms with van der Waals surface area (Å²) in [7, 11) is 7.04. The SMILES string of the molecule is CN(C)C(=O)C1(C)CC(C)(C(=O)N(C)C)C1. The van der Waals surface area contributed by atoms with E-state index in [2.05, 4.69) is 0 Å². The Morgan fingerprint density at radius 1 is 0.812 bits per heavy atom. The zero-order valence-electron chi connectivity index (χ0n) is 11.1. The third-order valence-corrected chi connectivity index (χ3v) is 3.41. The first-order valence-electron chi connectivity index (χ1n) is 5.56. The zero-order valence-corrected chi connectivity index (χ0v) is 11.1. The van der Waals surface area contributed by atoms with Gasteiger partial charge < -0.3 is 9.80 Å². The van der Waals surface area contributed by atoms with Gasteiger partial charge in [-0.1, -0.05) is 13.8 Å². The van der Waals surface area contributed by atoms with Crippen LogP contribution in [0.4, 0.5) is 0 Å². The first-order valence-corrected chi connectivity index (χ1v) is 5.56. The molecule has 0 aliphatic heterocycles. The van der Waals surface area contributed by atoms with Gasteiger partial charge in [0.2, 0.25) is 11.8 Å².